The van der Waals surface area contributed by atoms with E-state index in [-0.39, 0.29) is 17.7 Å². The molecule has 1 saturated carbocycles. The number of rotatable bonds is 2. The quantitative estimate of drug-likeness (QED) is 0.574. The summed E-state index contributed by atoms with van der Waals surface area (Å²) < 4.78 is 0.357. The topological polar surface area (TPSA) is 46.2 Å². The number of imide groups is 1. The van der Waals surface area contributed by atoms with Crippen LogP contribution in [0.4, 0.5) is 0 Å². The van der Waals surface area contributed by atoms with E-state index in [0.29, 0.717) is 4.43 Å². The normalized spacial score (nSPS) is 16.5. The number of nitrogens with one attached hydrogen (secondary N) is 1. The summed E-state index contributed by atoms with van der Waals surface area (Å²) in [5.74, 6) is -0.147. The van der Waals surface area contributed by atoms with Crippen LogP contribution in [0.3, 0.4) is 0 Å². The van der Waals surface area contributed by atoms with Crippen molar-refractivity contribution in [3.63, 3.8) is 0 Å². The lowest BCUT2D eigenvalue weighted by molar-refractivity contribution is -0.129. The van der Waals surface area contributed by atoms with E-state index in [1.54, 1.807) is 0 Å². The number of amides is 2. The van der Waals surface area contributed by atoms with Crippen molar-refractivity contribution in [1.82, 2.24) is 5.32 Å². The van der Waals surface area contributed by atoms with Gasteiger partial charge in [-0.2, -0.15) is 0 Å². The first kappa shape index (κ1) is 7.97. The van der Waals surface area contributed by atoms with Crippen LogP contribution in [-0.2, 0) is 9.59 Å². The van der Waals surface area contributed by atoms with E-state index in [9.17, 15) is 9.59 Å². The van der Waals surface area contributed by atoms with Crippen LogP contribution >= 0.6 is 22.6 Å². The lowest BCUT2D eigenvalue weighted by atomic mass is 10.4. The highest BCUT2D eigenvalue weighted by atomic mass is 127. The lowest BCUT2D eigenvalue weighted by Crippen LogP contribution is -2.32. The van der Waals surface area contributed by atoms with Crippen molar-refractivity contribution in [2.45, 2.75) is 12.8 Å². The Morgan fingerprint density at radius 2 is 2.10 bits per heavy atom. The maximum Gasteiger partial charge on any atom is 0.236 e. The van der Waals surface area contributed by atoms with Crippen LogP contribution in [-0.4, -0.2) is 16.2 Å². The van der Waals surface area contributed by atoms with Gasteiger partial charge in [-0.1, -0.05) is 22.6 Å². The summed E-state index contributed by atoms with van der Waals surface area (Å²) in [6.45, 7) is 0. The molecule has 4 heteroatoms. The summed E-state index contributed by atoms with van der Waals surface area (Å²) in [6, 6.07) is 0. The molecule has 0 atom stereocenters. The van der Waals surface area contributed by atoms with E-state index in [0.717, 1.165) is 12.8 Å². The second kappa shape index (κ2) is 3.32. The Kier molecular flexibility index (Phi) is 2.64. The minimum atomic E-state index is -0.183. The summed E-state index contributed by atoms with van der Waals surface area (Å²) >= 11 is 1.93. The van der Waals surface area contributed by atoms with Crippen molar-refractivity contribution in [1.29, 1.82) is 0 Å². The monoisotopic (exact) mass is 253 g/mol. The van der Waals surface area contributed by atoms with Crippen LogP contribution in [0.15, 0.2) is 0 Å². The van der Waals surface area contributed by atoms with Crippen LogP contribution in [0.2, 0.25) is 0 Å². The van der Waals surface area contributed by atoms with Gasteiger partial charge in [0, 0.05) is 5.92 Å². The van der Waals surface area contributed by atoms with Gasteiger partial charge in [-0.15, -0.1) is 0 Å². The molecule has 2 amide bonds. The molecule has 3 nitrogen and oxygen atoms in total. The molecule has 56 valence electrons. The van der Waals surface area contributed by atoms with Gasteiger partial charge in [0.25, 0.3) is 0 Å². The molecule has 0 unspecified atom stereocenters. The SMILES string of the molecule is O=C(CI)NC(=O)C1CC1. The molecular formula is C6H8INO2. The minimum absolute atomic E-state index is 0.0957. The van der Waals surface area contributed by atoms with E-state index >= 15 is 0 Å². The number of hydrogen-bond acceptors (Lipinski definition) is 2. The molecule has 0 spiro atoms. The third kappa shape index (κ3) is 2.24. The Morgan fingerprint density at radius 3 is 2.50 bits per heavy atom. The standard InChI is InChI=1S/C6H8INO2/c7-3-5(9)8-6(10)4-1-2-4/h4H,1-3H2,(H,8,9,10). The van der Waals surface area contributed by atoms with Gasteiger partial charge in [-0.3, -0.25) is 14.9 Å². The zero-order chi connectivity index (χ0) is 7.56. The van der Waals surface area contributed by atoms with Crippen molar-refractivity contribution >= 4 is 34.4 Å². The van der Waals surface area contributed by atoms with Crippen molar-refractivity contribution in [3.05, 3.63) is 0 Å². The van der Waals surface area contributed by atoms with E-state index in [1.807, 2.05) is 22.6 Å². The molecule has 10 heavy (non-hydrogen) atoms. The average Bonchev–Trinajstić information content (AvgIpc) is 2.68. The zero-order valence-electron chi connectivity index (χ0n) is 5.39. The summed E-state index contributed by atoms with van der Waals surface area (Å²) in [5.41, 5.74) is 0. The molecule has 1 N–H and O–H groups in total. The summed E-state index contributed by atoms with van der Waals surface area (Å²) in [6.07, 6.45) is 1.89. The average molecular weight is 253 g/mol. The molecule has 0 radical (unpaired) electrons. The first-order chi connectivity index (χ1) is 4.74. The third-order valence-corrected chi connectivity index (χ3v) is 2.02. The van der Waals surface area contributed by atoms with Crippen molar-refractivity contribution in [2.24, 2.45) is 5.92 Å². The van der Waals surface area contributed by atoms with Gasteiger partial charge in [-0.05, 0) is 12.8 Å². The van der Waals surface area contributed by atoms with E-state index in [1.165, 1.54) is 0 Å². The van der Waals surface area contributed by atoms with Crippen molar-refractivity contribution in [2.75, 3.05) is 4.43 Å². The van der Waals surface area contributed by atoms with Gasteiger partial charge in [0.1, 0.15) is 0 Å². The van der Waals surface area contributed by atoms with Gasteiger partial charge < -0.3 is 0 Å². The number of halogens is 1. The Morgan fingerprint density at radius 1 is 1.50 bits per heavy atom. The first-order valence-corrected chi connectivity index (χ1v) is 4.66. The molecule has 1 rings (SSSR count). The molecule has 0 bridgehead atoms. The molecule has 1 fully saturated rings. The van der Waals surface area contributed by atoms with Crippen LogP contribution in [0.25, 0.3) is 0 Å². The third-order valence-electron chi connectivity index (χ3n) is 1.33. The van der Waals surface area contributed by atoms with Gasteiger partial charge in [0.05, 0.1) is 4.43 Å². The first-order valence-electron chi connectivity index (χ1n) is 3.13. The fourth-order valence-corrected chi connectivity index (χ4v) is 0.809. The summed E-state index contributed by atoms with van der Waals surface area (Å²) in [7, 11) is 0. The van der Waals surface area contributed by atoms with Crippen LogP contribution in [0, 0.1) is 5.92 Å². The van der Waals surface area contributed by atoms with Crippen LogP contribution in [0.5, 0.6) is 0 Å². The molecule has 1 aliphatic carbocycles. The Labute approximate surface area is 72.7 Å². The molecule has 0 aromatic heterocycles. The van der Waals surface area contributed by atoms with Gasteiger partial charge in [0.15, 0.2) is 0 Å². The van der Waals surface area contributed by atoms with Crippen molar-refractivity contribution in [3.8, 4) is 0 Å². The van der Waals surface area contributed by atoms with Crippen LogP contribution < -0.4 is 5.32 Å². The Hall–Kier alpha value is -0.130. The predicted molar refractivity (Wildman–Crippen MR) is 44.8 cm³/mol. The summed E-state index contributed by atoms with van der Waals surface area (Å²) in [5, 5.41) is 2.31. The smallest absolute Gasteiger partial charge is 0.236 e. The Balaban J connectivity index is 2.23. The maximum absolute atomic E-state index is 10.8. The fraction of sp³-hybridized carbons (Fsp3) is 0.667. The number of alkyl halides is 1. The van der Waals surface area contributed by atoms with E-state index < -0.39 is 0 Å². The number of carbonyl (C=O) groups excluding carboxylic acids is 2. The molecule has 0 aromatic rings. The number of carbonyl (C=O) groups is 2. The van der Waals surface area contributed by atoms with E-state index in [4.69, 9.17) is 0 Å². The van der Waals surface area contributed by atoms with Gasteiger partial charge in [-0.25, -0.2) is 0 Å². The van der Waals surface area contributed by atoms with Crippen LogP contribution in [0.1, 0.15) is 12.8 Å². The second-order valence-corrected chi connectivity index (χ2v) is 3.08. The fourth-order valence-electron chi connectivity index (χ4n) is 0.618. The van der Waals surface area contributed by atoms with E-state index in [2.05, 4.69) is 5.32 Å². The highest BCUT2D eigenvalue weighted by molar-refractivity contribution is 14.1. The van der Waals surface area contributed by atoms with Gasteiger partial charge >= 0.3 is 0 Å². The largest absolute Gasteiger partial charge is 0.296 e. The zero-order valence-corrected chi connectivity index (χ0v) is 7.55. The second-order valence-electron chi connectivity index (χ2n) is 2.32. The molecule has 0 aliphatic heterocycles. The van der Waals surface area contributed by atoms with Crippen molar-refractivity contribution < 1.29 is 9.59 Å². The highest BCUT2D eigenvalue weighted by Gasteiger charge is 2.30. The van der Waals surface area contributed by atoms with Gasteiger partial charge in [0.2, 0.25) is 11.8 Å². The lowest BCUT2D eigenvalue weighted by Gasteiger charge is -1.97. The molecule has 0 saturated heterocycles. The molecule has 0 aromatic carbocycles. The Bertz CT molecular complexity index is 165. The highest BCUT2D eigenvalue weighted by Crippen LogP contribution is 2.28. The summed E-state index contributed by atoms with van der Waals surface area (Å²) in [4.78, 5) is 21.5. The molecule has 1 aliphatic rings. The maximum atomic E-state index is 10.8. The molecule has 0 heterocycles. The molecular weight excluding hydrogens is 245 g/mol. The predicted octanol–water partition coefficient (Wildman–Crippen LogP) is 0.474. The number of hydrogen-bond donors (Lipinski definition) is 1. The minimum Gasteiger partial charge on any atom is -0.296 e.